The van der Waals surface area contributed by atoms with Crippen LogP contribution in [0, 0.1) is 0 Å². The third-order valence-corrected chi connectivity index (χ3v) is 6.24. The summed E-state index contributed by atoms with van der Waals surface area (Å²) in [7, 11) is 4.79. The monoisotopic (exact) mass is 536 g/mol. The van der Waals surface area contributed by atoms with Crippen LogP contribution in [-0.2, 0) is 35.6 Å². The molecular formula is C27H32N6O6. The summed E-state index contributed by atoms with van der Waals surface area (Å²) in [5.74, 6) is 2.04. The Kier molecular flexibility index (Phi) is 9.10. The molecule has 0 aliphatic rings. The Morgan fingerprint density at radius 2 is 1.82 bits per heavy atom. The molecule has 0 aliphatic heterocycles. The summed E-state index contributed by atoms with van der Waals surface area (Å²) < 4.78 is 22.6. The zero-order valence-corrected chi connectivity index (χ0v) is 22.5. The first-order chi connectivity index (χ1) is 18.9. The maximum atomic E-state index is 13.0. The maximum Gasteiger partial charge on any atom is 0.327 e. The number of tetrazole rings is 1. The number of fused-ring (bicyclic) bond motifs is 1. The van der Waals surface area contributed by atoms with Crippen molar-refractivity contribution in [3.05, 3.63) is 69.8 Å². The minimum Gasteiger partial charge on any atom is -0.497 e. The van der Waals surface area contributed by atoms with E-state index in [2.05, 4.69) is 25.4 Å². The quantitative estimate of drug-likeness (QED) is 0.254. The van der Waals surface area contributed by atoms with Crippen LogP contribution in [0.25, 0.3) is 10.9 Å². The van der Waals surface area contributed by atoms with E-state index in [1.54, 1.807) is 34.3 Å². The molecule has 0 amide bonds. The van der Waals surface area contributed by atoms with Crippen molar-refractivity contribution < 1.29 is 23.7 Å². The van der Waals surface area contributed by atoms with Gasteiger partial charge in [-0.3, -0.25) is 14.5 Å². The van der Waals surface area contributed by atoms with Gasteiger partial charge in [-0.25, -0.2) is 4.68 Å². The van der Waals surface area contributed by atoms with E-state index < -0.39 is 5.97 Å². The molecule has 206 valence electrons. The summed E-state index contributed by atoms with van der Waals surface area (Å²) in [6.45, 7) is 3.10. The van der Waals surface area contributed by atoms with E-state index in [0.29, 0.717) is 54.7 Å². The zero-order valence-electron chi connectivity index (χ0n) is 22.5. The summed E-state index contributed by atoms with van der Waals surface area (Å²) in [5, 5.41) is 12.7. The lowest BCUT2D eigenvalue weighted by Crippen LogP contribution is -2.30. The van der Waals surface area contributed by atoms with Gasteiger partial charge in [0.25, 0.3) is 5.56 Å². The number of aromatic amines is 1. The molecule has 0 spiro atoms. The minimum atomic E-state index is -0.428. The van der Waals surface area contributed by atoms with Gasteiger partial charge in [0.15, 0.2) is 17.3 Å². The van der Waals surface area contributed by atoms with E-state index in [1.807, 2.05) is 36.4 Å². The number of carbonyl (C=O) groups is 1. The molecular weight excluding hydrogens is 504 g/mol. The van der Waals surface area contributed by atoms with E-state index in [-0.39, 0.29) is 18.7 Å². The lowest BCUT2D eigenvalue weighted by Gasteiger charge is -2.22. The summed E-state index contributed by atoms with van der Waals surface area (Å²) in [6, 6.07) is 13.1. The Hall–Kier alpha value is -4.45. The highest BCUT2D eigenvalue weighted by Gasteiger charge is 2.18. The third-order valence-electron chi connectivity index (χ3n) is 6.24. The molecule has 0 bridgehead atoms. The van der Waals surface area contributed by atoms with Crippen molar-refractivity contribution in [1.29, 1.82) is 0 Å². The van der Waals surface area contributed by atoms with Crippen LogP contribution in [0.3, 0.4) is 0 Å². The van der Waals surface area contributed by atoms with Crippen molar-refractivity contribution in [2.24, 2.45) is 0 Å². The molecule has 12 nitrogen and oxygen atoms in total. The van der Waals surface area contributed by atoms with Crippen LogP contribution in [-0.4, -0.2) is 70.5 Å². The molecule has 0 saturated carbocycles. The first-order valence-electron chi connectivity index (χ1n) is 12.5. The first kappa shape index (κ1) is 27.6. The van der Waals surface area contributed by atoms with Crippen LogP contribution in [0.15, 0.2) is 47.3 Å². The number of carbonyl (C=O) groups excluding carboxylic acids is 1. The van der Waals surface area contributed by atoms with Crippen LogP contribution < -0.4 is 19.8 Å². The van der Waals surface area contributed by atoms with Gasteiger partial charge in [-0.05, 0) is 65.7 Å². The molecule has 4 rings (SSSR count). The predicted octanol–water partition coefficient (Wildman–Crippen LogP) is 2.35. The van der Waals surface area contributed by atoms with Crippen LogP contribution in [0.5, 0.6) is 17.2 Å². The van der Waals surface area contributed by atoms with Gasteiger partial charge in [-0.15, -0.1) is 5.10 Å². The Morgan fingerprint density at radius 3 is 2.56 bits per heavy atom. The highest BCUT2D eigenvalue weighted by Crippen LogP contribution is 2.28. The van der Waals surface area contributed by atoms with Gasteiger partial charge >= 0.3 is 5.97 Å². The second kappa shape index (κ2) is 12.9. The van der Waals surface area contributed by atoms with E-state index >= 15 is 0 Å². The predicted molar refractivity (Wildman–Crippen MR) is 143 cm³/mol. The largest absolute Gasteiger partial charge is 0.497 e. The van der Waals surface area contributed by atoms with Crippen LogP contribution in [0.2, 0.25) is 0 Å². The number of rotatable bonds is 13. The molecule has 0 aliphatic carbocycles. The van der Waals surface area contributed by atoms with Gasteiger partial charge in [0.1, 0.15) is 12.3 Å². The number of esters is 1. The van der Waals surface area contributed by atoms with Crippen LogP contribution in [0.1, 0.15) is 23.9 Å². The van der Waals surface area contributed by atoms with Gasteiger partial charge < -0.3 is 23.9 Å². The average molecular weight is 537 g/mol. The number of hydrogen-bond donors (Lipinski definition) is 1. The first-order valence-corrected chi connectivity index (χ1v) is 12.5. The average Bonchev–Trinajstić information content (AvgIpc) is 3.37. The Labute approximate surface area is 225 Å². The number of nitrogens with zero attached hydrogens (tertiary/aromatic N) is 5. The summed E-state index contributed by atoms with van der Waals surface area (Å²) >= 11 is 0. The van der Waals surface area contributed by atoms with Gasteiger partial charge in [0.2, 0.25) is 0 Å². The fourth-order valence-electron chi connectivity index (χ4n) is 4.24. The van der Waals surface area contributed by atoms with E-state index in [0.717, 1.165) is 16.5 Å². The molecule has 0 radical (unpaired) electrons. The van der Waals surface area contributed by atoms with Crippen molar-refractivity contribution in [2.45, 2.75) is 33.0 Å². The van der Waals surface area contributed by atoms with Crippen molar-refractivity contribution >= 4 is 16.9 Å². The standard InChI is InChI=1S/C27H32N6O6/c1-5-39-26(34)17-33-25(29-30-31-33)16-32(11-10-18-6-9-23(37-3)24(12-18)38-4)15-20-13-19-14-21(36-2)7-8-22(19)28-27(20)35/h6-9,12-14H,5,10-11,15-17H2,1-4H3,(H,28,35). The second-order valence-corrected chi connectivity index (χ2v) is 8.78. The molecule has 39 heavy (non-hydrogen) atoms. The number of methoxy groups -OCH3 is 3. The van der Waals surface area contributed by atoms with Crippen molar-refractivity contribution in [1.82, 2.24) is 30.1 Å². The Balaban J connectivity index is 1.61. The number of ether oxygens (including phenoxy) is 4. The summed E-state index contributed by atoms with van der Waals surface area (Å²) in [5.41, 5.74) is 2.14. The second-order valence-electron chi connectivity index (χ2n) is 8.78. The molecule has 2 heterocycles. The number of benzene rings is 2. The highest BCUT2D eigenvalue weighted by atomic mass is 16.5. The minimum absolute atomic E-state index is 0.101. The molecule has 0 fully saturated rings. The number of hydrogen-bond acceptors (Lipinski definition) is 10. The summed E-state index contributed by atoms with van der Waals surface area (Å²) in [4.78, 5) is 30.1. The summed E-state index contributed by atoms with van der Waals surface area (Å²) in [6.07, 6.45) is 0.652. The fraction of sp³-hybridized carbons (Fsp3) is 0.370. The van der Waals surface area contributed by atoms with E-state index in [1.165, 1.54) is 4.68 Å². The van der Waals surface area contributed by atoms with Crippen molar-refractivity contribution in [3.63, 3.8) is 0 Å². The molecule has 1 N–H and O–H groups in total. The van der Waals surface area contributed by atoms with E-state index in [4.69, 9.17) is 18.9 Å². The number of H-pyrrole nitrogens is 1. The molecule has 0 saturated heterocycles. The SMILES string of the molecule is CCOC(=O)Cn1nnnc1CN(CCc1ccc(OC)c(OC)c1)Cc1cc2cc(OC)ccc2[nH]c1=O. The van der Waals surface area contributed by atoms with Gasteiger partial charge in [0, 0.05) is 29.6 Å². The molecule has 0 unspecified atom stereocenters. The maximum absolute atomic E-state index is 13.0. The van der Waals surface area contributed by atoms with Crippen LogP contribution in [0.4, 0.5) is 0 Å². The smallest absolute Gasteiger partial charge is 0.327 e. The molecule has 12 heteroatoms. The number of aromatic nitrogens is 5. The molecule has 0 atom stereocenters. The Morgan fingerprint density at radius 1 is 1.00 bits per heavy atom. The van der Waals surface area contributed by atoms with Gasteiger partial charge in [0.05, 0.1) is 34.5 Å². The number of pyridine rings is 1. The fourth-order valence-corrected chi connectivity index (χ4v) is 4.24. The van der Waals surface area contributed by atoms with E-state index in [9.17, 15) is 9.59 Å². The van der Waals surface area contributed by atoms with Crippen molar-refractivity contribution in [3.8, 4) is 17.2 Å². The molecule has 4 aromatic rings. The lowest BCUT2D eigenvalue weighted by atomic mass is 10.1. The lowest BCUT2D eigenvalue weighted by molar-refractivity contribution is -0.144. The zero-order chi connectivity index (χ0) is 27.8. The molecule has 2 aromatic carbocycles. The topological polar surface area (TPSA) is 134 Å². The number of nitrogens with one attached hydrogen (secondary N) is 1. The Bertz CT molecular complexity index is 1480. The van der Waals surface area contributed by atoms with Crippen LogP contribution >= 0.6 is 0 Å². The van der Waals surface area contributed by atoms with Gasteiger partial charge in [-0.2, -0.15) is 0 Å². The highest BCUT2D eigenvalue weighted by molar-refractivity contribution is 5.80. The van der Waals surface area contributed by atoms with Crippen molar-refractivity contribution in [2.75, 3.05) is 34.5 Å². The normalized spacial score (nSPS) is 11.1. The molecule has 2 aromatic heterocycles. The van der Waals surface area contributed by atoms with Gasteiger partial charge in [-0.1, -0.05) is 6.07 Å². The third kappa shape index (κ3) is 6.90.